The molecule has 0 aliphatic carbocycles. The number of carboxylic acids is 1. The number of fused-ring (bicyclic) bond motifs is 1. The maximum absolute atomic E-state index is 12.3. The third-order valence-electron chi connectivity index (χ3n) is 2.81. The average Bonchev–Trinajstić information content (AvgIpc) is 2.76. The Bertz CT molecular complexity index is 587. The standard InChI is InChI=1S/C11H11O7P/c1-16-19(15,17-2)11-7-5-3-4-6(9(12)13)8(7)10(14)18-11/h3-5,11H,1-2H3,(H,12,13). The lowest BCUT2D eigenvalue weighted by Crippen LogP contribution is -2.05. The molecule has 0 spiro atoms. The molecule has 1 aliphatic heterocycles. The minimum Gasteiger partial charge on any atom is -0.478 e. The number of benzene rings is 1. The summed E-state index contributed by atoms with van der Waals surface area (Å²) in [5.74, 6) is -3.37. The maximum Gasteiger partial charge on any atom is 0.375 e. The monoisotopic (exact) mass is 286 g/mol. The molecule has 0 saturated heterocycles. The summed E-state index contributed by atoms with van der Waals surface area (Å²) < 4.78 is 26.8. The number of hydrogen-bond acceptors (Lipinski definition) is 6. The van der Waals surface area contributed by atoms with E-state index < -0.39 is 25.4 Å². The highest BCUT2D eigenvalue weighted by atomic mass is 31.2. The minimum atomic E-state index is -3.68. The summed E-state index contributed by atoms with van der Waals surface area (Å²) >= 11 is 0. The lowest BCUT2D eigenvalue weighted by atomic mass is 10.0. The molecule has 7 nitrogen and oxygen atoms in total. The fourth-order valence-electron chi connectivity index (χ4n) is 1.91. The molecule has 0 aromatic heterocycles. The number of rotatable bonds is 4. The molecule has 0 radical (unpaired) electrons. The van der Waals surface area contributed by atoms with Crippen LogP contribution in [0.4, 0.5) is 0 Å². The Labute approximate surface area is 108 Å². The van der Waals surface area contributed by atoms with Crippen molar-refractivity contribution in [2.45, 2.75) is 5.85 Å². The van der Waals surface area contributed by atoms with Crippen molar-refractivity contribution < 1.29 is 33.0 Å². The first kappa shape index (κ1) is 13.7. The second-order valence-corrected chi connectivity index (χ2v) is 6.02. The predicted octanol–water partition coefficient (Wildman–Crippen LogP) is 2.04. The summed E-state index contributed by atoms with van der Waals surface area (Å²) in [6, 6.07) is 4.17. The topological polar surface area (TPSA) is 99.1 Å². The van der Waals surface area contributed by atoms with Gasteiger partial charge >= 0.3 is 19.5 Å². The van der Waals surface area contributed by atoms with Crippen LogP contribution in [-0.4, -0.2) is 31.3 Å². The molecule has 2 rings (SSSR count). The number of ether oxygens (including phenoxy) is 1. The van der Waals surface area contributed by atoms with Crippen LogP contribution >= 0.6 is 7.60 Å². The van der Waals surface area contributed by atoms with Gasteiger partial charge < -0.3 is 18.9 Å². The Morgan fingerprint density at radius 2 is 2.00 bits per heavy atom. The second-order valence-electron chi connectivity index (χ2n) is 3.74. The van der Waals surface area contributed by atoms with Gasteiger partial charge in [0.1, 0.15) is 0 Å². The van der Waals surface area contributed by atoms with Crippen LogP contribution in [0.15, 0.2) is 18.2 Å². The first-order chi connectivity index (χ1) is 8.94. The molecule has 19 heavy (non-hydrogen) atoms. The van der Waals surface area contributed by atoms with E-state index in [4.69, 9.17) is 18.9 Å². The lowest BCUT2D eigenvalue weighted by molar-refractivity contribution is 0.0451. The molecule has 1 N–H and O–H groups in total. The van der Waals surface area contributed by atoms with Crippen molar-refractivity contribution in [1.82, 2.24) is 0 Å². The van der Waals surface area contributed by atoms with Gasteiger partial charge in [-0.05, 0) is 6.07 Å². The highest BCUT2D eigenvalue weighted by Gasteiger charge is 2.47. The van der Waals surface area contributed by atoms with Crippen molar-refractivity contribution in [2.75, 3.05) is 14.2 Å². The molecular weight excluding hydrogens is 275 g/mol. The van der Waals surface area contributed by atoms with E-state index in [2.05, 4.69) is 0 Å². The summed E-state index contributed by atoms with van der Waals surface area (Å²) in [5.41, 5.74) is -0.130. The van der Waals surface area contributed by atoms with Crippen molar-refractivity contribution in [2.24, 2.45) is 0 Å². The Morgan fingerprint density at radius 1 is 1.37 bits per heavy atom. The van der Waals surface area contributed by atoms with Gasteiger partial charge in [-0.3, -0.25) is 4.57 Å². The summed E-state index contributed by atoms with van der Waals surface area (Å²) in [7, 11) is -1.36. The zero-order chi connectivity index (χ0) is 14.2. The largest absolute Gasteiger partial charge is 0.478 e. The summed E-state index contributed by atoms with van der Waals surface area (Å²) in [5, 5.41) is 9.03. The second kappa shape index (κ2) is 4.77. The summed E-state index contributed by atoms with van der Waals surface area (Å²) in [6.45, 7) is 0. The number of carbonyl (C=O) groups excluding carboxylic acids is 1. The van der Waals surface area contributed by atoms with Crippen LogP contribution in [0.5, 0.6) is 0 Å². The van der Waals surface area contributed by atoms with Crippen molar-refractivity contribution >= 4 is 19.5 Å². The van der Waals surface area contributed by atoms with Crippen molar-refractivity contribution in [3.63, 3.8) is 0 Å². The molecular formula is C11H11O7P. The summed E-state index contributed by atoms with van der Waals surface area (Å²) in [4.78, 5) is 22.8. The molecule has 1 heterocycles. The van der Waals surface area contributed by atoms with Gasteiger partial charge in [0.25, 0.3) is 0 Å². The van der Waals surface area contributed by atoms with Gasteiger partial charge in [-0.1, -0.05) is 12.1 Å². The molecule has 8 heteroatoms. The zero-order valence-electron chi connectivity index (χ0n) is 10.2. The number of hydrogen-bond donors (Lipinski definition) is 1. The quantitative estimate of drug-likeness (QED) is 0.667. The smallest absolute Gasteiger partial charge is 0.375 e. The molecule has 1 atom stereocenters. The van der Waals surface area contributed by atoms with E-state index in [0.717, 1.165) is 14.2 Å². The van der Waals surface area contributed by atoms with E-state index in [0.29, 0.717) is 0 Å². The van der Waals surface area contributed by atoms with Gasteiger partial charge in [0.05, 0.1) is 11.1 Å². The van der Waals surface area contributed by atoms with Gasteiger partial charge in [0.2, 0.25) is 5.85 Å². The molecule has 0 fully saturated rings. The Kier molecular flexibility index (Phi) is 3.45. The fraction of sp³-hybridized carbons (Fsp3) is 0.273. The average molecular weight is 286 g/mol. The Balaban J connectivity index is 2.61. The molecule has 102 valence electrons. The third kappa shape index (κ3) is 2.06. The molecule has 0 saturated carbocycles. The van der Waals surface area contributed by atoms with E-state index in [1.165, 1.54) is 18.2 Å². The lowest BCUT2D eigenvalue weighted by Gasteiger charge is -2.19. The van der Waals surface area contributed by atoms with Crippen LogP contribution in [0.2, 0.25) is 0 Å². The number of esters is 1. The van der Waals surface area contributed by atoms with Crippen molar-refractivity contribution in [1.29, 1.82) is 0 Å². The third-order valence-corrected chi connectivity index (χ3v) is 4.79. The van der Waals surface area contributed by atoms with E-state index in [9.17, 15) is 14.2 Å². The van der Waals surface area contributed by atoms with Gasteiger partial charge in [0.15, 0.2) is 0 Å². The number of carboxylic acid groups (broad SMARTS) is 1. The van der Waals surface area contributed by atoms with Crippen LogP contribution in [-0.2, 0) is 18.3 Å². The highest BCUT2D eigenvalue weighted by Crippen LogP contribution is 2.63. The molecule has 1 aliphatic rings. The molecule has 1 unspecified atom stereocenters. The van der Waals surface area contributed by atoms with E-state index in [-0.39, 0.29) is 16.7 Å². The Hall–Kier alpha value is -1.69. The van der Waals surface area contributed by atoms with Gasteiger partial charge in [-0.25, -0.2) is 9.59 Å². The number of carbonyl (C=O) groups is 2. The van der Waals surface area contributed by atoms with Gasteiger partial charge in [-0.2, -0.15) is 0 Å². The number of cyclic esters (lactones) is 1. The van der Waals surface area contributed by atoms with E-state index in [1.807, 2.05) is 0 Å². The molecule has 0 amide bonds. The predicted molar refractivity (Wildman–Crippen MR) is 63.2 cm³/mol. The molecule has 1 aromatic carbocycles. The van der Waals surface area contributed by atoms with Gasteiger partial charge in [-0.15, -0.1) is 0 Å². The normalized spacial score (nSPS) is 18.0. The first-order valence-electron chi connectivity index (χ1n) is 5.23. The zero-order valence-corrected chi connectivity index (χ0v) is 11.0. The molecule has 0 bridgehead atoms. The van der Waals surface area contributed by atoms with Crippen LogP contribution in [0.3, 0.4) is 0 Å². The number of aromatic carboxylic acids is 1. The maximum atomic E-state index is 12.3. The summed E-state index contributed by atoms with van der Waals surface area (Å²) in [6.07, 6.45) is 0. The van der Waals surface area contributed by atoms with Crippen molar-refractivity contribution in [3.05, 3.63) is 34.9 Å². The van der Waals surface area contributed by atoms with Crippen LogP contribution in [0.25, 0.3) is 0 Å². The van der Waals surface area contributed by atoms with Crippen LogP contribution in [0.1, 0.15) is 32.1 Å². The first-order valence-corrected chi connectivity index (χ1v) is 6.84. The van der Waals surface area contributed by atoms with Crippen LogP contribution in [0, 0.1) is 0 Å². The van der Waals surface area contributed by atoms with E-state index >= 15 is 0 Å². The fourth-order valence-corrected chi connectivity index (χ4v) is 3.22. The SMILES string of the molecule is COP(=O)(OC)C1OC(=O)c2c(C(=O)O)cccc21. The minimum absolute atomic E-state index is 0.116. The van der Waals surface area contributed by atoms with Crippen molar-refractivity contribution in [3.8, 4) is 0 Å². The molecule has 1 aromatic rings. The van der Waals surface area contributed by atoms with Gasteiger partial charge in [0, 0.05) is 19.8 Å². The van der Waals surface area contributed by atoms with Crippen LogP contribution < -0.4 is 0 Å². The highest BCUT2D eigenvalue weighted by molar-refractivity contribution is 7.54. The van der Waals surface area contributed by atoms with E-state index in [1.54, 1.807) is 0 Å². The Morgan fingerprint density at radius 3 is 2.53 bits per heavy atom.